The lowest BCUT2D eigenvalue weighted by molar-refractivity contribution is -0.137. The van der Waals surface area contributed by atoms with Crippen LogP contribution in [0.3, 0.4) is 0 Å². The molecule has 0 aliphatic carbocycles. The van der Waals surface area contributed by atoms with Gasteiger partial charge in [0, 0.05) is 11.4 Å². The summed E-state index contributed by atoms with van der Waals surface area (Å²) in [4.78, 5) is 24.8. The molecule has 0 fully saturated rings. The molecule has 0 spiro atoms. The van der Waals surface area contributed by atoms with Crippen molar-refractivity contribution in [2.45, 2.75) is 33.5 Å². The summed E-state index contributed by atoms with van der Waals surface area (Å²) in [6.45, 7) is 5.26. The average molecular weight is 431 g/mol. The molecule has 2 amide bonds. The number of benzene rings is 2. The molecule has 0 bridgehead atoms. The summed E-state index contributed by atoms with van der Waals surface area (Å²) in [5.41, 5.74) is 2.07. The van der Waals surface area contributed by atoms with Gasteiger partial charge in [-0.25, -0.2) is 4.68 Å². The summed E-state index contributed by atoms with van der Waals surface area (Å²) >= 11 is 0. The number of aromatic nitrogens is 3. The van der Waals surface area contributed by atoms with Crippen LogP contribution in [-0.4, -0.2) is 26.8 Å². The maximum absolute atomic E-state index is 12.8. The van der Waals surface area contributed by atoms with Crippen molar-refractivity contribution in [2.24, 2.45) is 0 Å². The van der Waals surface area contributed by atoms with Crippen molar-refractivity contribution in [2.75, 3.05) is 10.6 Å². The Labute approximate surface area is 176 Å². The quantitative estimate of drug-likeness (QED) is 0.636. The van der Waals surface area contributed by atoms with Crippen molar-refractivity contribution in [1.82, 2.24) is 15.0 Å². The molecule has 1 aromatic heterocycles. The van der Waals surface area contributed by atoms with Gasteiger partial charge in [-0.2, -0.15) is 13.2 Å². The highest BCUT2D eigenvalue weighted by molar-refractivity contribution is 6.03. The molecule has 162 valence electrons. The van der Waals surface area contributed by atoms with Crippen LogP contribution in [0.2, 0.25) is 0 Å². The van der Waals surface area contributed by atoms with Gasteiger partial charge in [-0.15, -0.1) is 5.10 Å². The third kappa shape index (κ3) is 5.27. The normalized spacial score (nSPS) is 11.3. The molecule has 2 aromatic carbocycles. The maximum Gasteiger partial charge on any atom is 0.416 e. The largest absolute Gasteiger partial charge is 0.416 e. The minimum atomic E-state index is -4.52. The first-order valence-electron chi connectivity index (χ1n) is 9.30. The first kappa shape index (κ1) is 22.0. The molecule has 0 atom stereocenters. The third-order valence-electron chi connectivity index (χ3n) is 4.73. The lowest BCUT2D eigenvalue weighted by Gasteiger charge is -2.10. The molecule has 3 aromatic rings. The van der Waals surface area contributed by atoms with E-state index in [-0.39, 0.29) is 23.8 Å². The number of aryl methyl sites for hydroxylation is 2. The smallest absolute Gasteiger partial charge is 0.324 e. The van der Waals surface area contributed by atoms with E-state index in [2.05, 4.69) is 20.9 Å². The molecule has 3 rings (SSSR count). The number of carbonyl (C=O) groups excluding carboxylic acids is 2. The van der Waals surface area contributed by atoms with Gasteiger partial charge in [0.1, 0.15) is 6.54 Å². The van der Waals surface area contributed by atoms with Crippen LogP contribution in [0.1, 0.15) is 32.9 Å². The van der Waals surface area contributed by atoms with Gasteiger partial charge in [-0.1, -0.05) is 17.3 Å². The van der Waals surface area contributed by atoms with Crippen molar-refractivity contribution in [1.29, 1.82) is 0 Å². The van der Waals surface area contributed by atoms with Crippen molar-refractivity contribution in [3.8, 4) is 0 Å². The van der Waals surface area contributed by atoms with Gasteiger partial charge in [-0.05, 0) is 62.2 Å². The van der Waals surface area contributed by atoms with Crippen LogP contribution in [0.15, 0.2) is 42.5 Å². The number of carbonyl (C=O) groups is 2. The summed E-state index contributed by atoms with van der Waals surface area (Å²) in [6, 6.07) is 9.78. The van der Waals surface area contributed by atoms with Crippen LogP contribution in [0.4, 0.5) is 24.5 Å². The summed E-state index contributed by atoms with van der Waals surface area (Å²) in [6.07, 6.45) is -4.52. The van der Waals surface area contributed by atoms with Gasteiger partial charge in [0.25, 0.3) is 5.91 Å². The molecule has 0 saturated carbocycles. The predicted octanol–water partition coefficient (Wildman–Crippen LogP) is 4.11. The topological polar surface area (TPSA) is 88.9 Å². The van der Waals surface area contributed by atoms with Gasteiger partial charge in [0.2, 0.25) is 5.91 Å². The number of anilines is 2. The van der Waals surface area contributed by atoms with Crippen LogP contribution in [0.25, 0.3) is 0 Å². The molecular weight excluding hydrogens is 411 g/mol. The Hall–Kier alpha value is -3.69. The number of rotatable bonds is 5. The predicted molar refractivity (Wildman–Crippen MR) is 109 cm³/mol. The van der Waals surface area contributed by atoms with E-state index in [9.17, 15) is 22.8 Å². The van der Waals surface area contributed by atoms with E-state index in [1.807, 2.05) is 26.0 Å². The highest BCUT2D eigenvalue weighted by Gasteiger charge is 2.30. The Morgan fingerprint density at radius 3 is 2.35 bits per heavy atom. The molecule has 0 radical (unpaired) electrons. The number of nitrogens with zero attached hydrogens (tertiary/aromatic N) is 3. The zero-order valence-corrected chi connectivity index (χ0v) is 17.0. The standard InChI is InChI=1S/C21H20F3N5O2/c1-12-7-8-17(9-13(12)2)25-18(30)11-29-14(3)19(27-28-29)20(31)26-16-6-4-5-15(10-16)21(22,23)24/h4-10H,11H2,1-3H3,(H,25,30)(H,26,31). The molecule has 0 unspecified atom stereocenters. The number of hydrogen-bond donors (Lipinski definition) is 2. The molecule has 1 heterocycles. The fourth-order valence-electron chi connectivity index (χ4n) is 2.84. The summed E-state index contributed by atoms with van der Waals surface area (Å²) in [5, 5.41) is 12.7. The second kappa shape index (κ2) is 8.58. The Morgan fingerprint density at radius 1 is 0.968 bits per heavy atom. The summed E-state index contributed by atoms with van der Waals surface area (Å²) in [7, 11) is 0. The first-order valence-corrected chi connectivity index (χ1v) is 9.30. The van der Waals surface area contributed by atoms with Crippen molar-refractivity contribution in [3.63, 3.8) is 0 Å². The molecule has 7 nitrogen and oxygen atoms in total. The number of alkyl halides is 3. The lowest BCUT2D eigenvalue weighted by Crippen LogP contribution is -2.21. The third-order valence-corrected chi connectivity index (χ3v) is 4.73. The zero-order chi connectivity index (χ0) is 22.8. The fraction of sp³-hybridized carbons (Fsp3) is 0.238. The van der Waals surface area contributed by atoms with E-state index in [1.165, 1.54) is 16.8 Å². The first-order chi connectivity index (χ1) is 14.5. The van der Waals surface area contributed by atoms with Crippen molar-refractivity contribution < 1.29 is 22.8 Å². The van der Waals surface area contributed by atoms with Crippen molar-refractivity contribution >= 4 is 23.2 Å². The van der Waals surface area contributed by atoms with Crippen LogP contribution in [0, 0.1) is 20.8 Å². The van der Waals surface area contributed by atoms with Crippen molar-refractivity contribution in [3.05, 3.63) is 70.5 Å². The van der Waals surface area contributed by atoms with E-state index >= 15 is 0 Å². The van der Waals surface area contributed by atoms with Crippen LogP contribution < -0.4 is 10.6 Å². The van der Waals surface area contributed by atoms with Gasteiger partial charge in [-0.3, -0.25) is 9.59 Å². The number of amides is 2. The molecular formula is C21H20F3N5O2. The SMILES string of the molecule is Cc1ccc(NC(=O)Cn2nnc(C(=O)Nc3cccc(C(F)(F)F)c3)c2C)cc1C. The van der Waals surface area contributed by atoms with E-state index in [0.29, 0.717) is 11.4 Å². The van der Waals surface area contributed by atoms with E-state index in [0.717, 1.165) is 23.3 Å². The Morgan fingerprint density at radius 2 is 1.68 bits per heavy atom. The number of nitrogens with one attached hydrogen (secondary N) is 2. The van der Waals surface area contributed by atoms with E-state index in [1.54, 1.807) is 13.0 Å². The Kier molecular flexibility index (Phi) is 6.09. The van der Waals surface area contributed by atoms with E-state index in [4.69, 9.17) is 0 Å². The molecule has 0 aliphatic rings. The summed E-state index contributed by atoms with van der Waals surface area (Å²) in [5.74, 6) is -1.08. The van der Waals surface area contributed by atoms with E-state index < -0.39 is 17.6 Å². The van der Waals surface area contributed by atoms with Gasteiger partial charge < -0.3 is 10.6 Å². The second-order valence-electron chi connectivity index (χ2n) is 7.06. The van der Waals surface area contributed by atoms with Gasteiger partial charge in [0.15, 0.2) is 5.69 Å². The van der Waals surface area contributed by atoms with Crippen LogP contribution in [-0.2, 0) is 17.5 Å². The lowest BCUT2D eigenvalue weighted by atomic mass is 10.1. The Bertz CT molecular complexity index is 1140. The van der Waals surface area contributed by atoms with Gasteiger partial charge in [0.05, 0.1) is 11.3 Å². The molecule has 2 N–H and O–H groups in total. The number of hydrogen-bond acceptors (Lipinski definition) is 4. The fourth-order valence-corrected chi connectivity index (χ4v) is 2.84. The summed E-state index contributed by atoms with van der Waals surface area (Å²) < 4.78 is 39.8. The highest BCUT2D eigenvalue weighted by Crippen LogP contribution is 2.30. The second-order valence-corrected chi connectivity index (χ2v) is 7.06. The Balaban J connectivity index is 1.68. The maximum atomic E-state index is 12.8. The number of halogens is 3. The average Bonchev–Trinajstić information content (AvgIpc) is 3.04. The molecule has 0 aliphatic heterocycles. The van der Waals surface area contributed by atoms with Crippen LogP contribution in [0.5, 0.6) is 0 Å². The minimum absolute atomic E-state index is 0.0266. The molecule has 10 heteroatoms. The molecule has 0 saturated heterocycles. The highest BCUT2D eigenvalue weighted by atomic mass is 19.4. The minimum Gasteiger partial charge on any atom is -0.324 e. The monoisotopic (exact) mass is 431 g/mol. The van der Waals surface area contributed by atoms with Crippen LogP contribution >= 0.6 is 0 Å². The van der Waals surface area contributed by atoms with Gasteiger partial charge >= 0.3 is 6.18 Å². The molecule has 31 heavy (non-hydrogen) atoms. The zero-order valence-electron chi connectivity index (χ0n) is 17.0.